The van der Waals surface area contributed by atoms with Crippen LogP contribution in [0.3, 0.4) is 0 Å². The third-order valence-electron chi connectivity index (χ3n) is 6.34. The Labute approximate surface area is 187 Å². The van der Waals surface area contributed by atoms with Gasteiger partial charge in [-0.3, -0.25) is 9.59 Å². The van der Waals surface area contributed by atoms with Crippen LogP contribution in [0.2, 0.25) is 0 Å². The van der Waals surface area contributed by atoms with Gasteiger partial charge in [-0.1, -0.05) is 48.5 Å². The summed E-state index contributed by atoms with van der Waals surface area (Å²) in [6.07, 6.45) is 1.71. The standard InChI is InChI=1S/C25H28N2O5/c1-15(24(29)30)27-23(28)12-17(16-10-11-16)13-26-25(31)32-14-22-20-8-4-2-6-18(20)19-7-3-5-9-21(19)22/h2-9,15-17,22H,10-14H2,1H3,(H,26,31)(H,27,28)(H,29,30)/t15-,17?/m1/s1. The molecule has 0 aliphatic heterocycles. The van der Waals surface area contributed by atoms with Crippen molar-refractivity contribution in [2.75, 3.05) is 13.2 Å². The first-order chi connectivity index (χ1) is 15.4. The number of amides is 2. The number of rotatable bonds is 9. The zero-order chi connectivity index (χ0) is 22.7. The number of nitrogens with one attached hydrogen (secondary N) is 2. The molecule has 1 fully saturated rings. The molecular weight excluding hydrogens is 408 g/mol. The van der Waals surface area contributed by atoms with Crippen molar-refractivity contribution in [3.63, 3.8) is 0 Å². The minimum absolute atomic E-state index is 0.00402. The van der Waals surface area contributed by atoms with Gasteiger partial charge in [0.15, 0.2) is 0 Å². The first-order valence-electron chi connectivity index (χ1n) is 11.0. The molecule has 1 saturated carbocycles. The number of carboxylic acid groups (broad SMARTS) is 1. The number of aliphatic carboxylic acids is 1. The fourth-order valence-electron chi connectivity index (χ4n) is 4.44. The molecule has 1 unspecified atom stereocenters. The Bertz CT molecular complexity index is 971. The predicted molar refractivity (Wildman–Crippen MR) is 119 cm³/mol. The van der Waals surface area contributed by atoms with E-state index in [0.29, 0.717) is 12.5 Å². The topological polar surface area (TPSA) is 105 Å². The maximum Gasteiger partial charge on any atom is 0.407 e. The zero-order valence-electron chi connectivity index (χ0n) is 18.0. The van der Waals surface area contributed by atoms with E-state index in [2.05, 4.69) is 34.9 Å². The number of ether oxygens (including phenoxy) is 1. The van der Waals surface area contributed by atoms with Gasteiger partial charge in [0.1, 0.15) is 12.6 Å². The van der Waals surface area contributed by atoms with Crippen molar-refractivity contribution in [2.45, 2.75) is 38.1 Å². The molecule has 2 atom stereocenters. The Morgan fingerprint density at radius 1 is 1.03 bits per heavy atom. The van der Waals surface area contributed by atoms with Crippen molar-refractivity contribution in [1.82, 2.24) is 10.6 Å². The number of carboxylic acids is 1. The van der Waals surface area contributed by atoms with Crippen molar-refractivity contribution in [3.05, 3.63) is 59.7 Å². The van der Waals surface area contributed by atoms with E-state index in [-0.39, 0.29) is 30.8 Å². The molecule has 2 aliphatic rings. The maximum atomic E-state index is 12.4. The summed E-state index contributed by atoms with van der Waals surface area (Å²) in [5, 5.41) is 14.2. The van der Waals surface area contributed by atoms with Gasteiger partial charge in [0.2, 0.25) is 5.91 Å². The lowest BCUT2D eigenvalue weighted by Crippen LogP contribution is -2.40. The van der Waals surface area contributed by atoms with E-state index in [1.807, 2.05) is 24.3 Å². The Morgan fingerprint density at radius 3 is 2.19 bits per heavy atom. The average Bonchev–Trinajstić information content (AvgIpc) is 3.58. The molecular formula is C25H28N2O5. The fraction of sp³-hybridized carbons (Fsp3) is 0.400. The van der Waals surface area contributed by atoms with Gasteiger partial charge in [0.25, 0.3) is 0 Å². The summed E-state index contributed by atoms with van der Waals surface area (Å²) in [4.78, 5) is 35.5. The van der Waals surface area contributed by atoms with Crippen LogP contribution < -0.4 is 10.6 Å². The summed E-state index contributed by atoms with van der Waals surface area (Å²) in [6, 6.07) is 15.4. The zero-order valence-corrected chi connectivity index (χ0v) is 18.0. The van der Waals surface area contributed by atoms with Gasteiger partial charge in [-0.25, -0.2) is 4.79 Å². The van der Waals surface area contributed by atoms with Crippen LogP contribution in [0.15, 0.2) is 48.5 Å². The monoisotopic (exact) mass is 436 g/mol. The molecule has 168 valence electrons. The lowest BCUT2D eigenvalue weighted by Gasteiger charge is -2.19. The number of fused-ring (bicyclic) bond motifs is 3. The molecule has 0 saturated heterocycles. The summed E-state index contributed by atoms with van der Waals surface area (Å²) in [7, 11) is 0. The smallest absolute Gasteiger partial charge is 0.407 e. The van der Waals surface area contributed by atoms with E-state index in [1.165, 1.54) is 18.1 Å². The maximum absolute atomic E-state index is 12.4. The third-order valence-corrected chi connectivity index (χ3v) is 6.34. The Balaban J connectivity index is 1.30. The second-order valence-corrected chi connectivity index (χ2v) is 8.64. The molecule has 2 aromatic rings. The SMILES string of the molecule is C[C@@H](NC(=O)CC(CNC(=O)OCC1c2ccccc2-c2ccccc21)C1CC1)C(=O)O. The molecule has 32 heavy (non-hydrogen) atoms. The van der Waals surface area contributed by atoms with E-state index >= 15 is 0 Å². The van der Waals surface area contributed by atoms with Crippen LogP contribution >= 0.6 is 0 Å². The molecule has 0 radical (unpaired) electrons. The second kappa shape index (κ2) is 9.42. The molecule has 7 nitrogen and oxygen atoms in total. The molecule has 3 N–H and O–H groups in total. The molecule has 2 aromatic carbocycles. The van der Waals surface area contributed by atoms with E-state index in [9.17, 15) is 14.4 Å². The highest BCUT2D eigenvalue weighted by molar-refractivity contribution is 5.83. The summed E-state index contributed by atoms with van der Waals surface area (Å²) in [6.45, 7) is 2.00. The first-order valence-corrected chi connectivity index (χ1v) is 11.0. The summed E-state index contributed by atoms with van der Waals surface area (Å²) < 4.78 is 5.56. The van der Waals surface area contributed by atoms with Crippen molar-refractivity contribution in [1.29, 1.82) is 0 Å². The van der Waals surface area contributed by atoms with Crippen molar-refractivity contribution < 1.29 is 24.2 Å². The lowest BCUT2D eigenvalue weighted by atomic mass is 9.98. The molecule has 2 aliphatic carbocycles. The minimum atomic E-state index is -1.07. The van der Waals surface area contributed by atoms with Crippen LogP contribution in [-0.4, -0.2) is 42.3 Å². The van der Waals surface area contributed by atoms with E-state index in [0.717, 1.165) is 24.0 Å². The summed E-state index contributed by atoms with van der Waals surface area (Å²) in [5.41, 5.74) is 4.66. The van der Waals surface area contributed by atoms with Gasteiger partial charge < -0.3 is 20.5 Å². The minimum Gasteiger partial charge on any atom is -0.480 e. The Morgan fingerprint density at radius 2 is 1.62 bits per heavy atom. The lowest BCUT2D eigenvalue weighted by molar-refractivity contribution is -0.141. The van der Waals surface area contributed by atoms with Gasteiger partial charge in [0.05, 0.1) is 0 Å². The van der Waals surface area contributed by atoms with Crippen molar-refractivity contribution in [2.24, 2.45) is 11.8 Å². The van der Waals surface area contributed by atoms with E-state index < -0.39 is 18.1 Å². The predicted octanol–water partition coefficient (Wildman–Crippen LogP) is 3.53. The van der Waals surface area contributed by atoms with Gasteiger partial charge in [-0.05, 0) is 53.9 Å². The number of carbonyl (C=O) groups is 3. The van der Waals surface area contributed by atoms with Crippen LogP contribution in [0.5, 0.6) is 0 Å². The largest absolute Gasteiger partial charge is 0.480 e. The number of benzene rings is 2. The molecule has 0 spiro atoms. The molecule has 4 rings (SSSR count). The van der Waals surface area contributed by atoms with Crippen LogP contribution in [0.1, 0.15) is 43.2 Å². The highest BCUT2D eigenvalue weighted by Crippen LogP contribution is 2.44. The van der Waals surface area contributed by atoms with E-state index in [1.54, 1.807) is 0 Å². The molecule has 0 heterocycles. The first kappa shape index (κ1) is 21.9. The number of hydrogen-bond donors (Lipinski definition) is 3. The fourth-order valence-corrected chi connectivity index (χ4v) is 4.44. The van der Waals surface area contributed by atoms with Gasteiger partial charge >= 0.3 is 12.1 Å². The second-order valence-electron chi connectivity index (χ2n) is 8.64. The van der Waals surface area contributed by atoms with Gasteiger partial charge in [-0.2, -0.15) is 0 Å². The molecule has 0 bridgehead atoms. The van der Waals surface area contributed by atoms with Crippen molar-refractivity contribution in [3.8, 4) is 11.1 Å². The molecule has 7 heteroatoms. The number of carbonyl (C=O) groups excluding carboxylic acids is 2. The van der Waals surface area contributed by atoms with Gasteiger partial charge in [-0.15, -0.1) is 0 Å². The van der Waals surface area contributed by atoms with Gasteiger partial charge in [0, 0.05) is 18.9 Å². The van der Waals surface area contributed by atoms with Crippen LogP contribution in [-0.2, 0) is 14.3 Å². The van der Waals surface area contributed by atoms with Crippen LogP contribution in [0.4, 0.5) is 4.79 Å². The molecule has 2 amide bonds. The average molecular weight is 437 g/mol. The van der Waals surface area contributed by atoms with Crippen LogP contribution in [0.25, 0.3) is 11.1 Å². The summed E-state index contributed by atoms with van der Waals surface area (Å²) in [5.74, 6) is -1.05. The Kier molecular flexibility index (Phi) is 6.44. The summed E-state index contributed by atoms with van der Waals surface area (Å²) >= 11 is 0. The Hall–Kier alpha value is -3.35. The third kappa shape index (κ3) is 4.93. The highest BCUT2D eigenvalue weighted by Gasteiger charge is 2.34. The number of alkyl carbamates (subject to hydrolysis) is 1. The van der Waals surface area contributed by atoms with Crippen LogP contribution in [0, 0.1) is 11.8 Å². The normalized spacial score (nSPS) is 16.4. The van der Waals surface area contributed by atoms with Crippen molar-refractivity contribution >= 4 is 18.0 Å². The quantitative estimate of drug-likeness (QED) is 0.558. The number of hydrogen-bond acceptors (Lipinski definition) is 4. The highest BCUT2D eigenvalue weighted by atomic mass is 16.5. The molecule has 0 aromatic heterocycles. The van der Waals surface area contributed by atoms with E-state index in [4.69, 9.17) is 9.84 Å².